The molecule has 0 aromatic carbocycles. The van der Waals surface area contributed by atoms with Crippen LogP contribution in [0.4, 0.5) is 3.89 Å². The van der Waals surface area contributed by atoms with Crippen LogP contribution in [0.1, 0.15) is 58.3 Å². The molecule has 22 heavy (non-hydrogen) atoms. The van der Waals surface area contributed by atoms with Gasteiger partial charge in [-0.2, -0.15) is 8.42 Å². The first-order valence-electron chi connectivity index (χ1n) is 8.37. The number of carbonyl (C=O) groups excluding carboxylic acids is 1. The molecule has 0 aliphatic carbocycles. The van der Waals surface area contributed by atoms with Gasteiger partial charge in [0.2, 0.25) is 5.91 Å². The lowest BCUT2D eigenvalue weighted by Gasteiger charge is -2.15. The minimum Gasteiger partial charge on any atom is -0.341 e. The van der Waals surface area contributed by atoms with Crippen molar-refractivity contribution in [1.82, 2.24) is 10.2 Å². The van der Waals surface area contributed by atoms with Gasteiger partial charge in [-0.25, -0.2) is 0 Å². The molecule has 1 atom stereocenters. The Bertz CT molecular complexity index is 429. The Morgan fingerprint density at radius 3 is 2.41 bits per heavy atom. The molecule has 1 aliphatic heterocycles. The molecule has 5 nitrogen and oxygen atoms in total. The second-order valence-corrected chi connectivity index (χ2v) is 7.63. The van der Waals surface area contributed by atoms with Crippen molar-refractivity contribution < 1.29 is 17.1 Å². The van der Waals surface area contributed by atoms with Crippen molar-refractivity contribution in [3.63, 3.8) is 0 Å². The van der Waals surface area contributed by atoms with E-state index in [4.69, 9.17) is 0 Å². The lowest BCUT2D eigenvalue weighted by atomic mass is 10.1. The molecule has 1 saturated heterocycles. The third kappa shape index (κ3) is 7.54. The number of carbonyl (C=O) groups is 1. The van der Waals surface area contributed by atoms with E-state index in [2.05, 4.69) is 12.2 Å². The summed E-state index contributed by atoms with van der Waals surface area (Å²) in [6.07, 6.45) is 8.13. The maximum Gasteiger partial charge on any atom is 0.307 e. The molecule has 130 valence electrons. The number of hydrogen-bond donors (Lipinski definition) is 1. The van der Waals surface area contributed by atoms with Crippen LogP contribution in [0.5, 0.6) is 0 Å². The van der Waals surface area contributed by atoms with Crippen molar-refractivity contribution in [3.05, 3.63) is 0 Å². The number of hydrogen-bond acceptors (Lipinski definition) is 4. The number of unbranched alkanes of at least 4 members (excludes halogenated alkanes) is 5. The van der Waals surface area contributed by atoms with Crippen molar-refractivity contribution in [3.8, 4) is 0 Å². The second kappa shape index (κ2) is 10.2. The van der Waals surface area contributed by atoms with Crippen molar-refractivity contribution in [1.29, 1.82) is 0 Å². The molecule has 0 bridgehead atoms. The fraction of sp³-hybridized carbons (Fsp3) is 0.933. The van der Waals surface area contributed by atoms with Gasteiger partial charge in [0, 0.05) is 19.5 Å². The third-order valence-corrected chi connectivity index (χ3v) is 5.18. The average Bonchev–Trinajstić information content (AvgIpc) is 2.82. The van der Waals surface area contributed by atoms with E-state index in [1.807, 2.05) is 0 Å². The van der Waals surface area contributed by atoms with Crippen molar-refractivity contribution >= 4 is 16.1 Å². The summed E-state index contributed by atoms with van der Waals surface area (Å²) in [4.78, 5) is 13.0. The molecular weight excluding hydrogens is 307 g/mol. The number of rotatable bonds is 12. The summed E-state index contributed by atoms with van der Waals surface area (Å²) in [5.41, 5.74) is 0. The van der Waals surface area contributed by atoms with Gasteiger partial charge in [-0.05, 0) is 25.9 Å². The third-order valence-electron chi connectivity index (χ3n) is 4.07. The predicted molar refractivity (Wildman–Crippen MR) is 85.9 cm³/mol. The molecule has 0 saturated carbocycles. The standard InChI is InChI=1S/C15H29FN2O3S/c1-2-3-4-5-6-7-9-17-10-8-11-18-13-14(12-15(18)19)22(16,20)21/h14,17H,2-13H2,1H3. The first-order chi connectivity index (χ1) is 10.4. The van der Waals surface area contributed by atoms with E-state index in [1.165, 1.54) is 37.0 Å². The molecule has 1 fully saturated rings. The topological polar surface area (TPSA) is 66.5 Å². The average molecular weight is 336 g/mol. The SMILES string of the molecule is CCCCCCCCNCCCN1CC(S(=O)(=O)F)CC1=O. The molecule has 7 heteroatoms. The van der Waals surface area contributed by atoms with Gasteiger partial charge >= 0.3 is 10.2 Å². The second-order valence-electron chi connectivity index (χ2n) is 6.01. The van der Waals surface area contributed by atoms with Gasteiger partial charge in [-0.15, -0.1) is 3.89 Å². The first-order valence-corrected chi connectivity index (χ1v) is 9.81. The lowest BCUT2D eigenvalue weighted by molar-refractivity contribution is -0.127. The zero-order valence-corrected chi connectivity index (χ0v) is 14.3. The minimum atomic E-state index is -4.60. The number of amides is 1. The summed E-state index contributed by atoms with van der Waals surface area (Å²) in [7, 11) is -4.60. The lowest BCUT2D eigenvalue weighted by Crippen LogP contribution is -2.30. The highest BCUT2D eigenvalue weighted by Gasteiger charge is 2.37. The Kier molecular flexibility index (Phi) is 8.93. The van der Waals surface area contributed by atoms with E-state index in [0.29, 0.717) is 6.54 Å². The van der Waals surface area contributed by atoms with E-state index in [0.717, 1.165) is 25.9 Å². The monoisotopic (exact) mass is 336 g/mol. The van der Waals surface area contributed by atoms with Crippen LogP contribution in [0.15, 0.2) is 0 Å². The Balaban J connectivity index is 2.00. The molecule has 1 amide bonds. The molecule has 0 aromatic rings. The van der Waals surface area contributed by atoms with Gasteiger partial charge in [0.1, 0.15) is 5.25 Å². The highest BCUT2D eigenvalue weighted by atomic mass is 32.3. The van der Waals surface area contributed by atoms with Gasteiger partial charge in [-0.1, -0.05) is 39.0 Å². The van der Waals surface area contributed by atoms with Gasteiger partial charge in [-0.3, -0.25) is 4.79 Å². The van der Waals surface area contributed by atoms with Crippen LogP contribution in [-0.4, -0.2) is 50.7 Å². The molecule has 1 unspecified atom stereocenters. The number of nitrogens with one attached hydrogen (secondary N) is 1. The first kappa shape index (κ1) is 19.4. The highest BCUT2D eigenvalue weighted by molar-refractivity contribution is 7.87. The largest absolute Gasteiger partial charge is 0.341 e. The van der Waals surface area contributed by atoms with E-state index >= 15 is 0 Å². The zero-order chi connectivity index (χ0) is 16.4. The maximum absolute atomic E-state index is 12.9. The molecule has 0 radical (unpaired) electrons. The van der Waals surface area contributed by atoms with Crippen LogP contribution in [0.2, 0.25) is 0 Å². The Morgan fingerprint density at radius 1 is 1.14 bits per heavy atom. The predicted octanol–water partition coefficient (Wildman–Crippen LogP) is 2.23. The molecule has 1 aliphatic rings. The normalized spacial score (nSPS) is 19.1. The fourth-order valence-electron chi connectivity index (χ4n) is 2.69. The van der Waals surface area contributed by atoms with Crippen LogP contribution in [-0.2, 0) is 15.0 Å². The number of likely N-dealkylation sites (tertiary alicyclic amines) is 1. The molecular formula is C15H29FN2O3S. The van der Waals surface area contributed by atoms with Gasteiger partial charge in [0.25, 0.3) is 0 Å². The number of nitrogens with zero attached hydrogens (tertiary/aromatic N) is 1. The van der Waals surface area contributed by atoms with E-state index < -0.39 is 15.5 Å². The molecule has 1 heterocycles. The van der Waals surface area contributed by atoms with Crippen molar-refractivity contribution in [2.75, 3.05) is 26.2 Å². The summed E-state index contributed by atoms with van der Waals surface area (Å²) in [5.74, 6) is -0.262. The summed E-state index contributed by atoms with van der Waals surface area (Å²) >= 11 is 0. The molecule has 0 aromatic heterocycles. The van der Waals surface area contributed by atoms with E-state index in [9.17, 15) is 17.1 Å². The summed E-state index contributed by atoms with van der Waals surface area (Å²) in [6, 6.07) is 0. The molecule has 0 spiro atoms. The Morgan fingerprint density at radius 2 is 1.77 bits per heavy atom. The van der Waals surface area contributed by atoms with Crippen LogP contribution >= 0.6 is 0 Å². The van der Waals surface area contributed by atoms with Crippen LogP contribution < -0.4 is 5.32 Å². The quantitative estimate of drug-likeness (QED) is 0.438. The van der Waals surface area contributed by atoms with E-state index in [-0.39, 0.29) is 18.9 Å². The van der Waals surface area contributed by atoms with Crippen LogP contribution in [0.25, 0.3) is 0 Å². The molecule has 1 N–H and O–H groups in total. The molecule has 1 rings (SSSR count). The van der Waals surface area contributed by atoms with E-state index in [1.54, 1.807) is 0 Å². The van der Waals surface area contributed by atoms with Crippen molar-refractivity contribution in [2.45, 2.75) is 63.5 Å². The minimum absolute atomic E-state index is 0.00487. The fourth-order valence-corrected chi connectivity index (χ4v) is 3.39. The number of halogens is 1. The highest BCUT2D eigenvalue weighted by Crippen LogP contribution is 2.19. The van der Waals surface area contributed by atoms with Gasteiger partial charge < -0.3 is 10.2 Å². The van der Waals surface area contributed by atoms with Crippen LogP contribution in [0, 0.1) is 0 Å². The van der Waals surface area contributed by atoms with Gasteiger partial charge in [0.15, 0.2) is 0 Å². The summed E-state index contributed by atoms with van der Waals surface area (Å²) < 4.78 is 34.5. The smallest absolute Gasteiger partial charge is 0.307 e. The summed E-state index contributed by atoms with van der Waals surface area (Å²) in [6.45, 7) is 4.47. The summed E-state index contributed by atoms with van der Waals surface area (Å²) in [5, 5.41) is 2.16. The van der Waals surface area contributed by atoms with Crippen LogP contribution in [0.3, 0.4) is 0 Å². The Hall–Kier alpha value is -0.690. The zero-order valence-electron chi connectivity index (χ0n) is 13.5. The maximum atomic E-state index is 12.9. The van der Waals surface area contributed by atoms with Crippen molar-refractivity contribution in [2.24, 2.45) is 0 Å². The van der Waals surface area contributed by atoms with Gasteiger partial charge in [0.05, 0.1) is 0 Å². The Labute approximate surface area is 133 Å².